The largest absolute Gasteiger partial charge is 0.383 e. The number of carbonyl (C=O) groups excluding carboxylic acids is 1. The molecule has 1 aromatic carbocycles. The Balaban J connectivity index is 1.82. The van der Waals surface area contributed by atoms with Gasteiger partial charge in [0.05, 0.1) is 11.3 Å². The maximum Gasteiger partial charge on any atom is 0.221 e. The number of hydrogen-bond donors (Lipinski definition) is 2. The minimum Gasteiger partial charge on any atom is -0.383 e. The van der Waals surface area contributed by atoms with Gasteiger partial charge in [-0.25, -0.2) is 4.39 Å². The first-order valence-electron chi connectivity index (χ1n) is 5.92. The Hall–Kier alpha value is -2.09. The summed E-state index contributed by atoms with van der Waals surface area (Å²) in [5.74, 6) is -0.436. The van der Waals surface area contributed by atoms with Crippen molar-refractivity contribution in [2.75, 3.05) is 11.9 Å². The Morgan fingerprint density at radius 1 is 1.50 bits per heavy atom. The number of hydrogen-bond acceptors (Lipinski definition) is 3. The van der Waals surface area contributed by atoms with Crippen LogP contribution in [0.25, 0.3) is 0 Å². The summed E-state index contributed by atoms with van der Waals surface area (Å²) in [5, 5.41) is 14.7. The van der Waals surface area contributed by atoms with E-state index in [-0.39, 0.29) is 11.5 Å². The predicted octanol–water partition coefficient (Wildman–Crippen LogP) is 1.78. The maximum absolute atomic E-state index is 12.9. The van der Waals surface area contributed by atoms with Crippen molar-refractivity contribution < 1.29 is 9.18 Å². The van der Waals surface area contributed by atoms with E-state index in [1.807, 2.05) is 6.07 Å². The van der Waals surface area contributed by atoms with E-state index in [2.05, 4.69) is 10.6 Å². The summed E-state index contributed by atoms with van der Waals surface area (Å²) in [6, 6.07) is 6.24. The highest BCUT2D eigenvalue weighted by molar-refractivity contribution is 5.77. The van der Waals surface area contributed by atoms with Crippen molar-refractivity contribution in [3.05, 3.63) is 29.6 Å². The van der Waals surface area contributed by atoms with E-state index in [4.69, 9.17) is 5.26 Å². The van der Waals surface area contributed by atoms with Gasteiger partial charge in [0.1, 0.15) is 11.9 Å². The highest BCUT2D eigenvalue weighted by atomic mass is 19.1. The monoisotopic (exact) mass is 247 g/mol. The van der Waals surface area contributed by atoms with Crippen LogP contribution in [-0.4, -0.2) is 18.5 Å². The second-order valence-electron chi connectivity index (χ2n) is 4.32. The molecule has 0 heterocycles. The molecule has 0 saturated heterocycles. The molecule has 0 aliphatic heterocycles. The van der Waals surface area contributed by atoms with E-state index in [9.17, 15) is 9.18 Å². The zero-order valence-corrected chi connectivity index (χ0v) is 9.87. The van der Waals surface area contributed by atoms with Gasteiger partial charge in [-0.15, -0.1) is 0 Å². The first-order valence-corrected chi connectivity index (χ1v) is 5.92. The molecule has 0 bridgehead atoms. The Morgan fingerprint density at radius 3 is 2.94 bits per heavy atom. The maximum atomic E-state index is 12.9. The lowest BCUT2D eigenvalue weighted by atomic mass is 10.2. The number of benzene rings is 1. The number of nitriles is 1. The first-order chi connectivity index (χ1) is 8.69. The molecule has 1 aliphatic carbocycles. The Bertz CT molecular complexity index is 491. The zero-order valence-electron chi connectivity index (χ0n) is 9.87. The average molecular weight is 247 g/mol. The van der Waals surface area contributed by atoms with Crippen molar-refractivity contribution in [3.63, 3.8) is 0 Å². The molecule has 0 aromatic heterocycles. The second kappa shape index (κ2) is 5.50. The van der Waals surface area contributed by atoms with Gasteiger partial charge < -0.3 is 10.6 Å². The Kier molecular flexibility index (Phi) is 3.78. The highest BCUT2D eigenvalue weighted by Crippen LogP contribution is 2.19. The number of halogens is 1. The lowest BCUT2D eigenvalue weighted by Crippen LogP contribution is -2.27. The molecular weight excluding hydrogens is 233 g/mol. The smallest absolute Gasteiger partial charge is 0.221 e. The molecule has 2 N–H and O–H groups in total. The third kappa shape index (κ3) is 3.45. The van der Waals surface area contributed by atoms with Crippen LogP contribution < -0.4 is 10.6 Å². The molecule has 1 aliphatic rings. The molecule has 2 rings (SSSR count). The Labute approximate surface area is 105 Å². The third-order valence-electron chi connectivity index (χ3n) is 2.71. The van der Waals surface area contributed by atoms with Crippen LogP contribution in [0.15, 0.2) is 18.2 Å². The van der Waals surface area contributed by atoms with Gasteiger partial charge in [0.15, 0.2) is 0 Å². The minimum atomic E-state index is -0.441. The molecule has 1 aromatic rings. The van der Waals surface area contributed by atoms with Crippen LogP contribution in [0, 0.1) is 17.1 Å². The van der Waals surface area contributed by atoms with Crippen molar-refractivity contribution in [3.8, 4) is 6.07 Å². The van der Waals surface area contributed by atoms with Gasteiger partial charge in [0.2, 0.25) is 5.91 Å². The summed E-state index contributed by atoms with van der Waals surface area (Å²) in [5.41, 5.74) is 0.802. The minimum absolute atomic E-state index is 0.00520. The van der Waals surface area contributed by atoms with E-state index in [0.29, 0.717) is 24.7 Å². The van der Waals surface area contributed by atoms with E-state index in [1.54, 1.807) is 0 Å². The van der Waals surface area contributed by atoms with Crippen molar-refractivity contribution >= 4 is 11.6 Å². The van der Waals surface area contributed by atoms with E-state index >= 15 is 0 Å². The summed E-state index contributed by atoms with van der Waals surface area (Å²) in [6.07, 6.45) is 2.48. The molecule has 18 heavy (non-hydrogen) atoms. The summed E-state index contributed by atoms with van der Waals surface area (Å²) < 4.78 is 12.9. The third-order valence-corrected chi connectivity index (χ3v) is 2.71. The number of amides is 1. The van der Waals surface area contributed by atoms with Gasteiger partial charge in [-0.1, -0.05) is 0 Å². The molecule has 1 amide bonds. The SMILES string of the molecule is N#Cc1cc(F)ccc1NCCC(=O)NC1CC1. The average Bonchev–Trinajstić information content (AvgIpc) is 3.14. The van der Waals surface area contributed by atoms with E-state index in [1.165, 1.54) is 18.2 Å². The fourth-order valence-electron chi connectivity index (χ4n) is 1.60. The molecule has 5 heteroatoms. The highest BCUT2D eigenvalue weighted by Gasteiger charge is 2.22. The van der Waals surface area contributed by atoms with Crippen molar-refractivity contribution in [2.45, 2.75) is 25.3 Å². The normalized spacial score (nSPS) is 13.8. The molecule has 0 spiro atoms. The molecule has 1 fully saturated rings. The quantitative estimate of drug-likeness (QED) is 0.833. The molecule has 4 nitrogen and oxygen atoms in total. The first kappa shape index (κ1) is 12.4. The number of nitrogens with one attached hydrogen (secondary N) is 2. The van der Waals surface area contributed by atoms with Crippen LogP contribution in [0.3, 0.4) is 0 Å². The van der Waals surface area contributed by atoms with E-state index < -0.39 is 5.82 Å². The van der Waals surface area contributed by atoms with Gasteiger partial charge >= 0.3 is 0 Å². The van der Waals surface area contributed by atoms with Crippen LogP contribution in [-0.2, 0) is 4.79 Å². The fraction of sp³-hybridized carbons (Fsp3) is 0.385. The summed E-state index contributed by atoms with van der Waals surface area (Å²) in [7, 11) is 0. The molecule has 0 atom stereocenters. The molecule has 0 radical (unpaired) electrons. The lowest BCUT2D eigenvalue weighted by Gasteiger charge is -2.08. The number of carbonyl (C=O) groups is 1. The Morgan fingerprint density at radius 2 is 2.28 bits per heavy atom. The van der Waals surface area contributed by atoms with Crippen LogP contribution in [0.2, 0.25) is 0 Å². The number of nitrogens with zero attached hydrogens (tertiary/aromatic N) is 1. The van der Waals surface area contributed by atoms with Crippen LogP contribution in [0.5, 0.6) is 0 Å². The van der Waals surface area contributed by atoms with Gasteiger partial charge in [0, 0.05) is 19.0 Å². The second-order valence-corrected chi connectivity index (χ2v) is 4.32. The summed E-state index contributed by atoms with van der Waals surface area (Å²) >= 11 is 0. The summed E-state index contributed by atoms with van der Waals surface area (Å²) in [4.78, 5) is 11.4. The van der Waals surface area contributed by atoms with Gasteiger partial charge in [-0.3, -0.25) is 4.79 Å². The van der Waals surface area contributed by atoms with E-state index in [0.717, 1.165) is 12.8 Å². The lowest BCUT2D eigenvalue weighted by molar-refractivity contribution is -0.120. The molecule has 1 saturated carbocycles. The van der Waals surface area contributed by atoms with Crippen molar-refractivity contribution in [1.82, 2.24) is 5.32 Å². The van der Waals surface area contributed by atoms with Crippen LogP contribution in [0.1, 0.15) is 24.8 Å². The van der Waals surface area contributed by atoms with Gasteiger partial charge in [-0.2, -0.15) is 5.26 Å². The number of rotatable bonds is 5. The van der Waals surface area contributed by atoms with Gasteiger partial charge in [-0.05, 0) is 31.0 Å². The zero-order chi connectivity index (χ0) is 13.0. The van der Waals surface area contributed by atoms with Crippen LogP contribution in [0.4, 0.5) is 10.1 Å². The van der Waals surface area contributed by atoms with Crippen LogP contribution >= 0.6 is 0 Å². The summed E-state index contributed by atoms with van der Waals surface area (Å²) in [6.45, 7) is 0.429. The van der Waals surface area contributed by atoms with Crippen molar-refractivity contribution in [2.24, 2.45) is 0 Å². The fourth-order valence-corrected chi connectivity index (χ4v) is 1.60. The van der Waals surface area contributed by atoms with Gasteiger partial charge in [0.25, 0.3) is 0 Å². The standard InChI is InChI=1S/C13H14FN3O/c14-10-1-4-12(9(7-10)8-15)16-6-5-13(18)17-11-2-3-11/h1,4,7,11,16H,2-3,5-6H2,(H,17,18). The topological polar surface area (TPSA) is 64.9 Å². The molecule has 94 valence electrons. The number of anilines is 1. The van der Waals surface area contributed by atoms with Crippen molar-refractivity contribution in [1.29, 1.82) is 5.26 Å². The predicted molar refractivity (Wildman–Crippen MR) is 65.4 cm³/mol. The molecular formula is C13H14FN3O. The molecule has 0 unspecified atom stereocenters.